The van der Waals surface area contributed by atoms with Crippen molar-refractivity contribution < 1.29 is 9.59 Å². The molecule has 1 heterocycles. The fourth-order valence-electron chi connectivity index (χ4n) is 3.55. The first kappa shape index (κ1) is 22.3. The van der Waals surface area contributed by atoms with Gasteiger partial charge in [-0.1, -0.05) is 54.1 Å². The number of hydrogen-bond donors (Lipinski definition) is 1. The highest BCUT2D eigenvalue weighted by Crippen LogP contribution is 2.20. The number of amides is 2. The molecule has 1 fully saturated rings. The highest BCUT2D eigenvalue weighted by molar-refractivity contribution is 6.33. The van der Waals surface area contributed by atoms with Crippen LogP contribution in [0, 0.1) is 0 Å². The van der Waals surface area contributed by atoms with E-state index < -0.39 is 0 Å². The fraction of sp³-hybridized carbons (Fsp3) is 0.391. The van der Waals surface area contributed by atoms with E-state index >= 15 is 0 Å². The van der Waals surface area contributed by atoms with E-state index in [4.69, 9.17) is 11.6 Å². The van der Waals surface area contributed by atoms with Crippen LogP contribution in [-0.2, 0) is 16.1 Å². The number of anilines is 1. The van der Waals surface area contributed by atoms with Crippen LogP contribution in [0.2, 0.25) is 5.02 Å². The lowest BCUT2D eigenvalue weighted by Crippen LogP contribution is -2.42. The Labute approximate surface area is 183 Å². The van der Waals surface area contributed by atoms with Crippen molar-refractivity contribution in [1.82, 2.24) is 14.7 Å². The summed E-state index contributed by atoms with van der Waals surface area (Å²) in [5.41, 5.74) is 1.86. The lowest BCUT2D eigenvalue weighted by atomic mass is 10.2. The molecule has 2 aromatic rings. The average Bonchev–Trinajstić information content (AvgIpc) is 2.95. The Bertz CT molecular complexity index is 846. The van der Waals surface area contributed by atoms with Crippen molar-refractivity contribution in [1.29, 1.82) is 0 Å². The van der Waals surface area contributed by atoms with Gasteiger partial charge >= 0.3 is 0 Å². The predicted molar refractivity (Wildman–Crippen MR) is 120 cm³/mol. The molecule has 6 nitrogen and oxygen atoms in total. The summed E-state index contributed by atoms with van der Waals surface area (Å²) < 4.78 is 0. The predicted octanol–water partition coefficient (Wildman–Crippen LogP) is 2.94. The molecule has 160 valence electrons. The molecule has 0 atom stereocenters. The third-order valence-electron chi connectivity index (χ3n) is 5.24. The van der Waals surface area contributed by atoms with Crippen LogP contribution in [0.4, 0.5) is 5.69 Å². The van der Waals surface area contributed by atoms with Gasteiger partial charge in [0.2, 0.25) is 11.8 Å². The quantitative estimate of drug-likeness (QED) is 0.736. The van der Waals surface area contributed by atoms with Crippen LogP contribution in [0.25, 0.3) is 0 Å². The topological polar surface area (TPSA) is 55.9 Å². The van der Waals surface area contributed by atoms with Crippen molar-refractivity contribution in [3.8, 4) is 0 Å². The minimum absolute atomic E-state index is 0.00196. The van der Waals surface area contributed by atoms with E-state index in [0.29, 0.717) is 17.3 Å². The van der Waals surface area contributed by atoms with Gasteiger partial charge in [0, 0.05) is 26.7 Å². The molecule has 0 spiro atoms. The number of halogens is 1. The molecule has 30 heavy (non-hydrogen) atoms. The van der Waals surface area contributed by atoms with Gasteiger partial charge in [-0.25, -0.2) is 0 Å². The number of carbonyl (C=O) groups is 2. The molecule has 0 bridgehead atoms. The zero-order chi connectivity index (χ0) is 21.3. The SMILES string of the molecule is CN(CC(=O)Nc1ccccc1Cl)C(=O)CN1CCCN(Cc2ccccc2)CC1. The van der Waals surface area contributed by atoms with Gasteiger partial charge in [0.05, 0.1) is 23.8 Å². The van der Waals surface area contributed by atoms with E-state index in [1.165, 1.54) is 10.5 Å². The summed E-state index contributed by atoms with van der Waals surface area (Å²) in [6, 6.07) is 17.5. The lowest BCUT2D eigenvalue weighted by Gasteiger charge is -2.24. The molecule has 1 N–H and O–H groups in total. The molecule has 0 radical (unpaired) electrons. The van der Waals surface area contributed by atoms with E-state index in [1.807, 2.05) is 6.07 Å². The Hall–Kier alpha value is -2.41. The van der Waals surface area contributed by atoms with Gasteiger partial charge in [-0.05, 0) is 37.2 Å². The molecule has 2 aromatic carbocycles. The third-order valence-corrected chi connectivity index (χ3v) is 5.57. The Morgan fingerprint density at radius 1 is 0.967 bits per heavy atom. The Kier molecular flexibility index (Phi) is 8.25. The van der Waals surface area contributed by atoms with Crippen molar-refractivity contribution in [2.45, 2.75) is 13.0 Å². The van der Waals surface area contributed by atoms with Crippen LogP contribution >= 0.6 is 11.6 Å². The normalized spacial score (nSPS) is 15.4. The first-order valence-electron chi connectivity index (χ1n) is 10.3. The first-order valence-corrected chi connectivity index (χ1v) is 10.7. The maximum Gasteiger partial charge on any atom is 0.244 e. The van der Waals surface area contributed by atoms with E-state index in [-0.39, 0.29) is 18.4 Å². The van der Waals surface area contributed by atoms with Crippen LogP contribution in [0.15, 0.2) is 54.6 Å². The van der Waals surface area contributed by atoms with Gasteiger partial charge in [-0.2, -0.15) is 0 Å². The summed E-state index contributed by atoms with van der Waals surface area (Å²) in [5, 5.41) is 3.23. The van der Waals surface area contributed by atoms with E-state index in [9.17, 15) is 9.59 Å². The number of benzene rings is 2. The summed E-state index contributed by atoms with van der Waals surface area (Å²) in [6.07, 6.45) is 1.02. The van der Waals surface area contributed by atoms with Gasteiger partial charge in [0.1, 0.15) is 0 Å². The molecular weight excluding hydrogens is 400 g/mol. The smallest absolute Gasteiger partial charge is 0.244 e. The minimum atomic E-state index is -0.260. The van der Waals surface area contributed by atoms with Crippen LogP contribution in [0.1, 0.15) is 12.0 Å². The molecule has 1 aliphatic heterocycles. The molecule has 2 amide bonds. The van der Waals surface area contributed by atoms with E-state index in [0.717, 1.165) is 39.1 Å². The Balaban J connectivity index is 1.43. The molecule has 1 aliphatic rings. The molecule has 3 rings (SSSR count). The monoisotopic (exact) mass is 428 g/mol. The molecule has 1 saturated heterocycles. The average molecular weight is 429 g/mol. The van der Waals surface area contributed by atoms with Crippen LogP contribution in [-0.4, -0.2) is 72.8 Å². The van der Waals surface area contributed by atoms with Crippen LogP contribution in [0.3, 0.4) is 0 Å². The molecule has 0 saturated carbocycles. The minimum Gasteiger partial charge on any atom is -0.335 e. The van der Waals surface area contributed by atoms with Crippen LogP contribution < -0.4 is 5.32 Å². The summed E-state index contributed by atoms with van der Waals surface area (Å²) in [4.78, 5) is 31.0. The number of carbonyl (C=O) groups excluding carboxylic acids is 2. The number of hydrogen-bond acceptors (Lipinski definition) is 4. The van der Waals surface area contributed by atoms with Crippen molar-refractivity contribution in [3.63, 3.8) is 0 Å². The van der Waals surface area contributed by atoms with E-state index in [1.54, 1.807) is 31.3 Å². The van der Waals surface area contributed by atoms with Crippen molar-refractivity contribution >= 4 is 29.1 Å². The van der Waals surface area contributed by atoms with Gasteiger partial charge in [0.15, 0.2) is 0 Å². The summed E-state index contributed by atoms with van der Waals surface area (Å²) in [7, 11) is 1.66. The standard InChI is InChI=1S/C23H29ClN4O2/c1-26(17-22(29)25-21-11-6-5-10-20(21)24)23(30)18-28-13-7-12-27(14-15-28)16-19-8-3-2-4-9-19/h2-6,8-11H,7,12-18H2,1H3,(H,25,29). The maximum absolute atomic E-state index is 12.6. The number of para-hydroxylation sites is 1. The summed E-state index contributed by atoms with van der Waals surface area (Å²) in [5.74, 6) is -0.315. The molecule has 0 unspecified atom stereocenters. The second kappa shape index (κ2) is 11.1. The summed E-state index contributed by atoms with van der Waals surface area (Å²) >= 11 is 6.07. The number of nitrogens with one attached hydrogen (secondary N) is 1. The van der Waals surface area contributed by atoms with Gasteiger partial charge in [-0.15, -0.1) is 0 Å². The molecule has 0 aliphatic carbocycles. The summed E-state index contributed by atoms with van der Waals surface area (Å²) in [6.45, 7) is 4.95. The van der Waals surface area contributed by atoms with Gasteiger partial charge < -0.3 is 10.2 Å². The lowest BCUT2D eigenvalue weighted by molar-refractivity contribution is -0.134. The molecular formula is C23H29ClN4O2. The van der Waals surface area contributed by atoms with E-state index in [2.05, 4.69) is 39.4 Å². The number of nitrogens with zero attached hydrogens (tertiary/aromatic N) is 3. The Morgan fingerprint density at radius 3 is 2.40 bits per heavy atom. The number of likely N-dealkylation sites (N-methyl/N-ethyl adjacent to an activating group) is 1. The zero-order valence-electron chi connectivity index (χ0n) is 17.4. The Morgan fingerprint density at radius 2 is 1.63 bits per heavy atom. The molecule has 0 aromatic heterocycles. The second-order valence-corrected chi connectivity index (χ2v) is 8.08. The maximum atomic E-state index is 12.6. The number of rotatable bonds is 7. The third kappa shape index (κ3) is 6.83. The molecule has 7 heteroatoms. The van der Waals surface area contributed by atoms with Crippen molar-refractivity contribution in [2.24, 2.45) is 0 Å². The van der Waals surface area contributed by atoms with Gasteiger partial charge in [-0.3, -0.25) is 19.4 Å². The first-order chi connectivity index (χ1) is 14.5. The van der Waals surface area contributed by atoms with Gasteiger partial charge in [0.25, 0.3) is 0 Å². The fourth-order valence-corrected chi connectivity index (χ4v) is 3.73. The van der Waals surface area contributed by atoms with Crippen molar-refractivity contribution in [3.05, 3.63) is 65.2 Å². The highest BCUT2D eigenvalue weighted by Gasteiger charge is 2.20. The van der Waals surface area contributed by atoms with Crippen LogP contribution in [0.5, 0.6) is 0 Å². The largest absolute Gasteiger partial charge is 0.335 e. The van der Waals surface area contributed by atoms with Crippen molar-refractivity contribution in [2.75, 3.05) is 51.6 Å². The second-order valence-electron chi connectivity index (χ2n) is 7.67. The highest BCUT2D eigenvalue weighted by atomic mass is 35.5. The zero-order valence-corrected chi connectivity index (χ0v) is 18.1.